The number of hydrogen-bond acceptors (Lipinski definition) is 3. The minimum atomic E-state index is -5.77. The van der Waals surface area contributed by atoms with Crippen LogP contribution in [-0.4, -0.2) is 40.5 Å². The number of halogens is 7. The second-order valence-electron chi connectivity index (χ2n) is 11.8. The van der Waals surface area contributed by atoms with Gasteiger partial charge < -0.3 is 9.84 Å². The van der Waals surface area contributed by atoms with Gasteiger partial charge in [-0.25, -0.2) is 0 Å². The van der Waals surface area contributed by atoms with Gasteiger partial charge in [0, 0.05) is 6.42 Å². The monoisotopic (exact) mass is 628 g/mol. The van der Waals surface area contributed by atoms with Crippen LogP contribution in [-0.2, 0) is 9.53 Å². The smallest absolute Gasteiger partial charge is 0.426 e. The van der Waals surface area contributed by atoms with Gasteiger partial charge in [0.15, 0.2) is 0 Å². The number of fused-ring (bicyclic) bond motifs is 1. The molecule has 0 bridgehead atoms. The first kappa shape index (κ1) is 32.2. The predicted octanol–water partition coefficient (Wildman–Crippen LogP) is 8.76. The molecule has 0 aromatic rings. The van der Waals surface area contributed by atoms with Gasteiger partial charge in [-0.3, -0.25) is 4.79 Å². The molecule has 0 amide bonds. The highest BCUT2D eigenvalue weighted by atomic mass is 79.9. The molecule has 222 valence electrons. The molecule has 0 saturated heterocycles. The Hall–Kier alpha value is -1.29. The average molecular weight is 630 g/mol. The third-order valence-corrected chi connectivity index (χ3v) is 9.89. The summed E-state index contributed by atoms with van der Waals surface area (Å²) in [5.41, 5.74) is -1.33. The first-order valence-corrected chi connectivity index (χ1v) is 14.8. The lowest BCUT2D eigenvalue weighted by Gasteiger charge is -2.44. The fourth-order valence-electron chi connectivity index (χ4n) is 7.24. The van der Waals surface area contributed by atoms with Gasteiger partial charge in [0.1, 0.15) is 11.4 Å². The molecule has 0 heterocycles. The van der Waals surface area contributed by atoms with Crippen molar-refractivity contribution < 1.29 is 41.0 Å². The normalized spacial score (nSPS) is 31.4. The van der Waals surface area contributed by atoms with Crippen LogP contribution in [0.15, 0.2) is 35.5 Å². The molecular formula is C29H39BrF6O3. The number of hydrogen-bond donors (Lipinski definition) is 1. The first-order valence-electron chi connectivity index (χ1n) is 13.7. The van der Waals surface area contributed by atoms with E-state index in [2.05, 4.69) is 41.6 Å². The number of esters is 1. The van der Waals surface area contributed by atoms with Crippen molar-refractivity contribution in [2.24, 2.45) is 23.2 Å². The molecule has 0 spiro atoms. The molecule has 39 heavy (non-hydrogen) atoms. The SMILES string of the molecule is C=C1CCC(OC(=O)CBr)CC1=CC=C1CCCC2(C)C1CCC2C(C)CCCC(O)(C(F)(F)F)C(F)(F)F. The quantitative estimate of drug-likeness (QED) is 0.166. The summed E-state index contributed by atoms with van der Waals surface area (Å²) >= 11 is 3.12. The number of alkyl halides is 7. The molecule has 10 heteroatoms. The molecule has 3 aliphatic rings. The van der Waals surface area contributed by atoms with Crippen molar-refractivity contribution in [1.82, 2.24) is 0 Å². The Bertz CT molecular complexity index is 955. The van der Waals surface area contributed by atoms with E-state index in [0.29, 0.717) is 12.3 Å². The maximum absolute atomic E-state index is 13.1. The molecule has 0 radical (unpaired) electrons. The summed E-state index contributed by atoms with van der Waals surface area (Å²) < 4.78 is 83.9. The fourth-order valence-corrected chi connectivity index (χ4v) is 7.37. The zero-order chi connectivity index (χ0) is 29.2. The average Bonchev–Trinajstić information content (AvgIpc) is 3.20. The van der Waals surface area contributed by atoms with Gasteiger partial charge in [-0.2, -0.15) is 26.3 Å². The molecule has 3 rings (SSSR count). The molecule has 0 aliphatic heterocycles. The predicted molar refractivity (Wildman–Crippen MR) is 141 cm³/mol. The van der Waals surface area contributed by atoms with E-state index in [-0.39, 0.29) is 47.5 Å². The van der Waals surface area contributed by atoms with Crippen LogP contribution in [0, 0.1) is 23.2 Å². The maximum atomic E-state index is 13.1. The lowest BCUT2D eigenvalue weighted by molar-refractivity contribution is -0.370. The number of carbonyl (C=O) groups excluding carboxylic acids is 1. The lowest BCUT2D eigenvalue weighted by Crippen LogP contribution is -2.56. The number of rotatable bonds is 8. The van der Waals surface area contributed by atoms with Crippen molar-refractivity contribution in [2.75, 3.05) is 5.33 Å². The van der Waals surface area contributed by atoms with E-state index >= 15 is 0 Å². The largest absolute Gasteiger partial charge is 0.461 e. The molecule has 3 aliphatic carbocycles. The Morgan fingerprint density at radius 1 is 1.15 bits per heavy atom. The zero-order valence-corrected chi connectivity index (χ0v) is 24.2. The van der Waals surface area contributed by atoms with Crippen LogP contribution >= 0.6 is 15.9 Å². The molecule has 5 atom stereocenters. The van der Waals surface area contributed by atoms with Gasteiger partial charge in [-0.05, 0) is 86.5 Å². The summed E-state index contributed by atoms with van der Waals surface area (Å²) in [6.45, 7) is 8.31. The highest BCUT2D eigenvalue weighted by Gasteiger charge is 2.69. The number of allylic oxidation sites excluding steroid dienone is 4. The first-order chi connectivity index (χ1) is 18.0. The van der Waals surface area contributed by atoms with Crippen LogP contribution in [0.3, 0.4) is 0 Å². The Kier molecular flexibility index (Phi) is 10.2. The van der Waals surface area contributed by atoms with E-state index in [1.165, 1.54) is 5.57 Å². The third kappa shape index (κ3) is 6.96. The van der Waals surface area contributed by atoms with Gasteiger partial charge in [0.25, 0.3) is 5.60 Å². The van der Waals surface area contributed by atoms with Crippen LogP contribution in [0.1, 0.15) is 84.5 Å². The van der Waals surface area contributed by atoms with Crippen LogP contribution < -0.4 is 0 Å². The van der Waals surface area contributed by atoms with E-state index in [0.717, 1.165) is 56.1 Å². The minimum Gasteiger partial charge on any atom is -0.461 e. The van der Waals surface area contributed by atoms with Gasteiger partial charge in [-0.1, -0.05) is 66.1 Å². The number of aliphatic hydroxyl groups is 1. The molecule has 3 fully saturated rings. The molecular weight excluding hydrogens is 590 g/mol. The van der Waals surface area contributed by atoms with E-state index in [9.17, 15) is 36.2 Å². The number of carbonyl (C=O) groups is 1. The molecule has 1 N–H and O–H groups in total. The Labute approximate surface area is 235 Å². The van der Waals surface area contributed by atoms with Gasteiger partial charge >= 0.3 is 18.3 Å². The topological polar surface area (TPSA) is 46.5 Å². The maximum Gasteiger partial charge on any atom is 0.426 e. The second kappa shape index (κ2) is 12.3. The summed E-state index contributed by atoms with van der Waals surface area (Å²) in [6.07, 6.45) is -2.20. The zero-order valence-electron chi connectivity index (χ0n) is 22.6. The summed E-state index contributed by atoms with van der Waals surface area (Å²) in [7, 11) is 0. The molecule has 5 unspecified atom stereocenters. The van der Waals surface area contributed by atoms with E-state index in [4.69, 9.17) is 4.74 Å². The Morgan fingerprint density at radius 3 is 2.44 bits per heavy atom. The van der Waals surface area contributed by atoms with Crippen molar-refractivity contribution >= 4 is 21.9 Å². The summed E-state index contributed by atoms with van der Waals surface area (Å²) in [6, 6.07) is 0. The lowest BCUT2D eigenvalue weighted by atomic mass is 9.60. The van der Waals surface area contributed by atoms with Crippen LogP contribution in [0.5, 0.6) is 0 Å². The summed E-state index contributed by atoms with van der Waals surface area (Å²) in [4.78, 5) is 11.7. The molecule has 3 nitrogen and oxygen atoms in total. The second-order valence-corrected chi connectivity index (χ2v) is 12.4. The number of ether oxygens (including phenoxy) is 1. The highest BCUT2D eigenvalue weighted by molar-refractivity contribution is 9.09. The van der Waals surface area contributed by atoms with Crippen molar-refractivity contribution in [2.45, 2.75) is 109 Å². The highest BCUT2D eigenvalue weighted by Crippen LogP contribution is 2.60. The van der Waals surface area contributed by atoms with Crippen molar-refractivity contribution in [3.63, 3.8) is 0 Å². The third-order valence-electron chi connectivity index (χ3n) is 9.44. The van der Waals surface area contributed by atoms with Crippen molar-refractivity contribution in [3.05, 3.63) is 35.5 Å². The van der Waals surface area contributed by atoms with E-state index in [1.54, 1.807) is 0 Å². The van der Waals surface area contributed by atoms with Gasteiger partial charge in [-0.15, -0.1) is 0 Å². The summed E-state index contributed by atoms with van der Waals surface area (Å²) in [5.74, 6) is 0.130. The molecule has 3 saturated carbocycles. The van der Waals surface area contributed by atoms with E-state index in [1.807, 2.05) is 6.92 Å². The standard InChI is InChI=1S/C29H39BrF6O3/c1-18-8-11-22(39-25(37)17-30)16-21(18)10-9-20-7-5-14-26(3)23(12-13-24(20)26)19(2)6-4-15-27(38,28(31,32)33)29(34,35)36/h9-10,19,22-24,38H,1,4-8,11-17H2,2-3H3. The van der Waals surface area contributed by atoms with E-state index < -0.39 is 24.4 Å². The fraction of sp³-hybridized carbons (Fsp3) is 0.759. The van der Waals surface area contributed by atoms with Crippen LogP contribution in [0.2, 0.25) is 0 Å². The Morgan fingerprint density at radius 2 is 1.82 bits per heavy atom. The summed E-state index contributed by atoms with van der Waals surface area (Å²) in [5, 5.41) is 9.65. The van der Waals surface area contributed by atoms with Gasteiger partial charge in [0.05, 0.1) is 0 Å². The van der Waals surface area contributed by atoms with Gasteiger partial charge in [0.2, 0.25) is 0 Å². The Balaban J connectivity index is 1.68. The molecule has 0 aromatic heterocycles. The van der Waals surface area contributed by atoms with Crippen molar-refractivity contribution in [3.8, 4) is 0 Å². The van der Waals surface area contributed by atoms with Crippen LogP contribution in [0.4, 0.5) is 26.3 Å². The minimum absolute atomic E-state index is 0.0635. The van der Waals surface area contributed by atoms with Crippen LogP contribution in [0.25, 0.3) is 0 Å². The van der Waals surface area contributed by atoms with Crippen molar-refractivity contribution in [1.29, 1.82) is 0 Å². The molecule has 0 aromatic carbocycles.